The van der Waals surface area contributed by atoms with Crippen molar-refractivity contribution in [3.8, 4) is 0 Å². The fourth-order valence-corrected chi connectivity index (χ4v) is 3.18. The summed E-state index contributed by atoms with van der Waals surface area (Å²) in [7, 11) is 1.54. The molecule has 0 radical (unpaired) electrons. The first kappa shape index (κ1) is 18.6. The van der Waals surface area contributed by atoms with Crippen molar-refractivity contribution in [2.45, 2.75) is 52.5 Å². The Balaban J connectivity index is 2.97. The van der Waals surface area contributed by atoms with E-state index in [1.54, 1.807) is 0 Å². The van der Waals surface area contributed by atoms with E-state index in [0.717, 1.165) is 19.3 Å². The molecule has 3 atom stereocenters. The first-order valence-electron chi connectivity index (χ1n) is 7.91. The maximum atomic E-state index is 12.8. The molecule has 0 spiro atoms. The number of Topliss-reactive ketones (excluding diaryl/α,β-unsaturated/α-hetero) is 1. The standard InChI is InChI=1S/C16H29N3O3/c1-16(2,3)13(20)10-7-5-6-8-11(10)15(22)19(4)12(9-17)14(18)21/h10-12H,5-9,17H2,1-4H3,(H2,18,21)/t10-,11?,12-/m1/s1. The van der Waals surface area contributed by atoms with Crippen LogP contribution in [-0.4, -0.2) is 42.1 Å². The highest BCUT2D eigenvalue weighted by Crippen LogP contribution is 2.36. The predicted molar refractivity (Wildman–Crippen MR) is 84.7 cm³/mol. The number of amides is 2. The van der Waals surface area contributed by atoms with E-state index in [1.165, 1.54) is 11.9 Å². The Hall–Kier alpha value is -1.43. The second-order valence-electron chi connectivity index (χ2n) is 7.21. The number of carbonyl (C=O) groups is 3. The number of likely N-dealkylation sites (N-methyl/N-ethyl adjacent to an activating group) is 1. The largest absolute Gasteiger partial charge is 0.368 e. The van der Waals surface area contributed by atoms with Gasteiger partial charge in [-0.2, -0.15) is 0 Å². The van der Waals surface area contributed by atoms with Gasteiger partial charge in [0.2, 0.25) is 11.8 Å². The molecule has 0 saturated heterocycles. The number of ketones is 1. The average molecular weight is 311 g/mol. The normalized spacial score (nSPS) is 23.7. The number of nitrogens with zero attached hydrogens (tertiary/aromatic N) is 1. The van der Waals surface area contributed by atoms with Crippen LogP contribution in [0.4, 0.5) is 0 Å². The van der Waals surface area contributed by atoms with Crippen LogP contribution < -0.4 is 11.5 Å². The van der Waals surface area contributed by atoms with Gasteiger partial charge in [-0.25, -0.2) is 0 Å². The van der Waals surface area contributed by atoms with Crippen LogP contribution in [0.15, 0.2) is 0 Å². The lowest BCUT2D eigenvalue weighted by Gasteiger charge is -2.37. The average Bonchev–Trinajstić information content (AvgIpc) is 2.44. The summed E-state index contributed by atoms with van der Waals surface area (Å²) in [6.45, 7) is 5.62. The fourth-order valence-electron chi connectivity index (χ4n) is 3.18. The number of carbonyl (C=O) groups excluding carboxylic acids is 3. The Morgan fingerprint density at radius 3 is 2.05 bits per heavy atom. The molecule has 0 aromatic carbocycles. The molecule has 126 valence electrons. The molecule has 0 aromatic heterocycles. The van der Waals surface area contributed by atoms with E-state index in [4.69, 9.17) is 11.5 Å². The van der Waals surface area contributed by atoms with Crippen molar-refractivity contribution in [1.29, 1.82) is 0 Å². The van der Waals surface area contributed by atoms with Gasteiger partial charge in [-0.15, -0.1) is 0 Å². The second kappa shape index (κ2) is 7.22. The zero-order valence-corrected chi connectivity index (χ0v) is 14.1. The first-order valence-corrected chi connectivity index (χ1v) is 7.91. The van der Waals surface area contributed by atoms with Crippen LogP contribution >= 0.6 is 0 Å². The minimum atomic E-state index is -0.820. The van der Waals surface area contributed by atoms with E-state index in [0.29, 0.717) is 6.42 Å². The Bertz CT molecular complexity index is 442. The Morgan fingerprint density at radius 2 is 1.64 bits per heavy atom. The monoisotopic (exact) mass is 311 g/mol. The molecular formula is C16H29N3O3. The van der Waals surface area contributed by atoms with E-state index in [1.807, 2.05) is 20.8 Å². The zero-order chi connectivity index (χ0) is 17.1. The van der Waals surface area contributed by atoms with Gasteiger partial charge >= 0.3 is 0 Å². The number of primary amides is 1. The third-order valence-electron chi connectivity index (χ3n) is 4.53. The topological polar surface area (TPSA) is 106 Å². The lowest BCUT2D eigenvalue weighted by molar-refractivity contribution is -0.148. The van der Waals surface area contributed by atoms with Gasteiger partial charge < -0.3 is 16.4 Å². The van der Waals surface area contributed by atoms with Crippen LogP contribution in [0.25, 0.3) is 0 Å². The molecule has 6 nitrogen and oxygen atoms in total. The smallest absolute Gasteiger partial charge is 0.241 e. The molecule has 1 aliphatic rings. The van der Waals surface area contributed by atoms with Crippen molar-refractivity contribution in [1.82, 2.24) is 4.90 Å². The van der Waals surface area contributed by atoms with Gasteiger partial charge in [-0.05, 0) is 12.8 Å². The molecule has 22 heavy (non-hydrogen) atoms. The molecule has 0 bridgehead atoms. The van der Waals surface area contributed by atoms with Crippen molar-refractivity contribution in [2.24, 2.45) is 28.7 Å². The van der Waals surface area contributed by atoms with Crippen LogP contribution in [0.2, 0.25) is 0 Å². The van der Waals surface area contributed by atoms with Crippen LogP contribution in [0.5, 0.6) is 0 Å². The van der Waals surface area contributed by atoms with Crippen molar-refractivity contribution < 1.29 is 14.4 Å². The SMILES string of the molecule is CN(C(=O)C1CCCC[C@H]1C(=O)C(C)(C)C)[C@H](CN)C(N)=O. The van der Waals surface area contributed by atoms with Gasteiger partial charge in [0, 0.05) is 30.8 Å². The van der Waals surface area contributed by atoms with Crippen molar-refractivity contribution >= 4 is 17.6 Å². The number of hydrogen-bond acceptors (Lipinski definition) is 4. The minimum absolute atomic E-state index is 0.0117. The highest BCUT2D eigenvalue weighted by molar-refractivity contribution is 5.93. The Kier molecular flexibility index (Phi) is 6.11. The minimum Gasteiger partial charge on any atom is -0.368 e. The summed E-state index contributed by atoms with van der Waals surface area (Å²) in [6, 6.07) is -0.820. The predicted octanol–water partition coefficient (Wildman–Crippen LogP) is 0.679. The van der Waals surface area contributed by atoms with Crippen LogP contribution in [0.3, 0.4) is 0 Å². The maximum absolute atomic E-state index is 12.8. The molecule has 0 aromatic rings. The summed E-state index contributed by atoms with van der Waals surface area (Å²) in [4.78, 5) is 38.1. The molecule has 1 saturated carbocycles. The Labute approximate surface area is 132 Å². The molecule has 1 aliphatic carbocycles. The molecular weight excluding hydrogens is 282 g/mol. The van der Waals surface area contributed by atoms with Crippen molar-refractivity contribution in [2.75, 3.05) is 13.6 Å². The summed E-state index contributed by atoms with van der Waals surface area (Å²) in [5.74, 6) is -1.36. The summed E-state index contributed by atoms with van der Waals surface area (Å²) >= 11 is 0. The molecule has 1 fully saturated rings. The number of nitrogens with two attached hydrogens (primary N) is 2. The van der Waals surface area contributed by atoms with Gasteiger partial charge in [0.05, 0.1) is 0 Å². The third-order valence-corrected chi connectivity index (χ3v) is 4.53. The lowest BCUT2D eigenvalue weighted by Crippen LogP contribution is -2.53. The third kappa shape index (κ3) is 4.06. The Morgan fingerprint density at radius 1 is 1.14 bits per heavy atom. The summed E-state index contributed by atoms with van der Waals surface area (Å²) < 4.78 is 0. The van der Waals surface area contributed by atoms with Gasteiger partial charge in [0.15, 0.2) is 0 Å². The lowest BCUT2D eigenvalue weighted by atomic mass is 9.70. The molecule has 2 amide bonds. The summed E-state index contributed by atoms with van der Waals surface area (Å²) in [6.07, 6.45) is 3.27. The number of hydrogen-bond donors (Lipinski definition) is 2. The van der Waals surface area contributed by atoms with Crippen LogP contribution in [0, 0.1) is 17.3 Å². The molecule has 1 rings (SSSR count). The van der Waals surface area contributed by atoms with Gasteiger partial charge in [0.25, 0.3) is 0 Å². The molecule has 1 unspecified atom stereocenters. The second-order valence-corrected chi connectivity index (χ2v) is 7.21. The van der Waals surface area contributed by atoms with Crippen LogP contribution in [0.1, 0.15) is 46.5 Å². The molecule has 0 aliphatic heterocycles. The highest BCUT2D eigenvalue weighted by atomic mass is 16.2. The fraction of sp³-hybridized carbons (Fsp3) is 0.812. The van der Waals surface area contributed by atoms with E-state index < -0.39 is 17.4 Å². The highest BCUT2D eigenvalue weighted by Gasteiger charge is 2.42. The number of rotatable bonds is 5. The molecule has 4 N–H and O–H groups in total. The summed E-state index contributed by atoms with van der Waals surface area (Å²) in [5, 5.41) is 0. The van der Waals surface area contributed by atoms with E-state index in [-0.39, 0.29) is 30.1 Å². The van der Waals surface area contributed by atoms with Crippen molar-refractivity contribution in [3.63, 3.8) is 0 Å². The quantitative estimate of drug-likeness (QED) is 0.778. The summed E-state index contributed by atoms with van der Waals surface area (Å²) in [5.41, 5.74) is 10.4. The van der Waals surface area contributed by atoms with Gasteiger partial charge in [0.1, 0.15) is 11.8 Å². The van der Waals surface area contributed by atoms with Gasteiger partial charge in [-0.1, -0.05) is 33.6 Å². The van der Waals surface area contributed by atoms with Crippen LogP contribution in [-0.2, 0) is 14.4 Å². The zero-order valence-electron chi connectivity index (χ0n) is 14.1. The van der Waals surface area contributed by atoms with E-state index in [2.05, 4.69) is 0 Å². The first-order chi connectivity index (χ1) is 10.1. The molecule has 6 heteroatoms. The van der Waals surface area contributed by atoms with Gasteiger partial charge in [-0.3, -0.25) is 14.4 Å². The van der Waals surface area contributed by atoms with Crippen molar-refractivity contribution in [3.05, 3.63) is 0 Å². The maximum Gasteiger partial charge on any atom is 0.241 e. The molecule has 0 heterocycles. The van der Waals surface area contributed by atoms with E-state index >= 15 is 0 Å². The van der Waals surface area contributed by atoms with E-state index in [9.17, 15) is 14.4 Å².